The number of carbonyl (C=O) groups is 5. The first-order valence-corrected chi connectivity index (χ1v) is 20.2. The summed E-state index contributed by atoms with van der Waals surface area (Å²) < 4.78 is 6.36. The molecule has 0 bridgehead atoms. The monoisotopic (exact) mass is 786 g/mol. The number of nitrogens with one attached hydrogen (secondary N) is 2. The van der Waals surface area contributed by atoms with Crippen LogP contribution < -0.4 is 15.4 Å². The molecule has 2 saturated carbocycles. The number of hydrogen-bond acceptors (Lipinski definition) is 7. The van der Waals surface area contributed by atoms with Crippen molar-refractivity contribution in [3.63, 3.8) is 0 Å². The topological polar surface area (TPSA) is 146 Å². The molecule has 3 atom stereocenters. The van der Waals surface area contributed by atoms with Crippen LogP contribution in [0.3, 0.4) is 0 Å². The van der Waals surface area contributed by atoms with Gasteiger partial charge < -0.3 is 10.1 Å². The number of fused-ring (bicyclic) bond motifs is 1. The zero-order chi connectivity index (χ0) is 40.6. The molecule has 2 heterocycles. The highest BCUT2D eigenvalue weighted by Gasteiger charge is 2.64. The summed E-state index contributed by atoms with van der Waals surface area (Å²) in [6, 6.07) is 18.8. The van der Waals surface area contributed by atoms with Crippen molar-refractivity contribution < 1.29 is 28.7 Å². The number of ether oxygens (including phenoxy) is 1. The Bertz CT molecular complexity index is 2230. The number of piperidine rings is 1. The van der Waals surface area contributed by atoms with Gasteiger partial charge in [0.1, 0.15) is 24.0 Å². The van der Waals surface area contributed by atoms with Crippen LogP contribution in [0.2, 0.25) is 5.02 Å². The maximum absolute atomic E-state index is 13.4. The predicted molar refractivity (Wildman–Crippen MR) is 214 cm³/mol. The van der Waals surface area contributed by atoms with Crippen molar-refractivity contribution in [3.8, 4) is 23.7 Å². The lowest BCUT2D eigenvalue weighted by molar-refractivity contribution is -0.164. The zero-order valence-corrected chi connectivity index (χ0v) is 33.5. The fraction of sp³-hybridized carbons (Fsp3) is 0.435. The van der Waals surface area contributed by atoms with Crippen LogP contribution >= 0.6 is 11.6 Å². The quantitative estimate of drug-likeness (QED) is 0.138. The van der Waals surface area contributed by atoms with Crippen LogP contribution in [-0.4, -0.2) is 52.6 Å². The first-order chi connectivity index (χ1) is 27.2. The van der Waals surface area contributed by atoms with E-state index in [2.05, 4.69) is 56.2 Å². The van der Waals surface area contributed by atoms with Crippen molar-refractivity contribution in [2.75, 3.05) is 0 Å². The molecule has 10 nitrogen and oxygen atoms in total. The Labute approximate surface area is 338 Å². The number of aryl methyl sites for hydroxylation is 1. The van der Waals surface area contributed by atoms with E-state index in [0.29, 0.717) is 44.9 Å². The molecule has 3 fully saturated rings. The van der Waals surface area contributed by atoms with Crippen molar-refractivity contribution in [2.24, 2.45) is 22.7 Å². The van der Waals surface area contributed by atoms with Crippen molar-refractivity contribution >= 4 is 41.1 Å². The fourth-order valence-corrected chi connectivity index (χ4v) is 9.77. The molecule has 5 amide bonds. The van der Waals surface area contributed by atoms with Gasteiger partial charge in [0.05, 0.1) is 21.7 Å². The Hall–Kier alpha value is -5.45. The number of hydrogen-bond donors (Lipinski definition) is 2. The minimum atomic E-state index is -0.968. The summed E-state index contributed by atoms with van der Waals surface area (Å²) in [7, 11) is 0. The number of benzene rings is 3. The maximum atomic E-state index is 13.4. The van der Waals surface area contributed by atoms with Gasteiger partial charge in [-0.3, -0.25) is 34.2 Å². The molecular formula is C46H47ClN4O6. The molecular weight excluding hydrogens is 740 g/mol. The van der Waals surface area contributed by atoms with Gasteiger partial charge in [0.15, 0.2) is 0 Å². The average Bonchev–Trinajstić information content (AvgIpc) is 3.30. The molecule has 11 heteroatoms. The highest BCUT2D eigenvalue weighted by molar-refractivity contribution is 6.31. The van der Waals surface area contributed by atoms with Crippen molar-refractivity contribution in [3.05, 3.63) is 99.1 Å². The summed E-state index contributed by atoms with van der Waals surface area (Å²) in [5, 5.41) is 15.0. The van der Waals surface area contributed by atoms with E-state index in [-0.39, 0.29) is 41.7 Å². The van der Waals surface area contributed by atoms with Gasteiger partial charge in [-0.15, -0.1) is 0 Å². The van der Waals surface area contributed by atoms with Gasteiger partial charge in [-0.05, 0) is 98.5 Å². The predicted octanol–water partition coefficient (Wildman–Crippen LogP) is 7.41. The van der Waals surface area contributed by atoms with E-state index in [9.17, 15) is 29.2 Å². The van der Waals surface area contributed by atoms with E-state index in [1.807, 2.05) is 30.3 Å². The Morgan fingerprint density at radius 3 is 2.35 bits per heavy atom. The smallest absolute Gasteiger partial charge is 0.262 e. The Balaban J connectivity index is 0.889. The van der Waals surface area contributed by atoms with Crippen LogP contribution in [0.5, 0.6) is 5.75 Å². The summed E-state index contributed by atoms with van der Waals surface area (Å²) in [5.41, 5.74) is 2.71. The lowest BCUT2D eigenvalue weighted by atomic mass is 9.49. The number of nitriles is 1. The summed E-state index contributed by atoms with van der Waals surface area (Å²) in [4.78, 5) is 64.7. The van der Waals surface area contributed by atoms with Gasteiger partial charge in [0.2, 0.25) is 11.8 Å². The maximum Gasteiger partial charge on any atom is 0.262 e. The first kappa shape index (κ1) is 39.8. The van der Waals surface area contributed by atoms with Crippen molar-refractivity contribution in [1.82, 2.24) is 15.5 Å². The van der Waals surface area contributed by atoms with Gasteiger partial charge in [-0.1, -0.05) is 70.0 Å². The van der Waals surface area contributed by atoms with Crippen LogP contribution in [0.25, 0.3) is 0 Å². The largest absolute Gasteiger partial charge is 0.489 e. The molecule has 2 aliphatic carbocycles. The van der Waals surface area contributed by atoms with Gasteiger partial charge in [0, 0.05) is 46.4 Å². The molecule has 57 heavy (non-hydrogen) atoms. The summed E-state index contributed by atoms with van der Waals surface area (Å²) in [5.74, 6) is 6.13. The number of carbonyl (C=O) groups excluding carboxylic acids is 5. The third-order valence-electron chi connectivity index (χ3n) is 12.4. The summed E-state index contributed by atoms with van der Waals surface area (Å²) >= 11 is 6.24. The van der Waals surface area contributed by atoms with Gasteiger partial charge >= 0.3 is 0 Å². The van der Waals surface area contributed by atoms with Gasteiger partial charge in [-0.2, -0.15) is 5.26 Å². The highest BCUT2D eigenvalue weighted by atomic mass is 35.5. The highest BCUT2D eigenvalue weighted by Crippen LogP contribution is 2.55. The van der Waals surface area contributed by atoms with E-state index < -0.39 is 29.7 Å². The van der Waals surface area contributed by atoms with Crippen LogP contribution in [0, 0.1) is 45.8 Å². The number of amides is 5. The molecule has 2 N–H and O–H groups in total. The first-order valence-electron chi connectivity index (χ1n) is 19.8. The van der Waals surface area contributed by atoms with E-state index in [0.717, 1.165) is 61.0 Å². The molecule has 0 radical (unpaired) electrons. The standard InChI is InChI=1S/C46H47ClN4O6/c1-45(2)43(46(3,4)44(45)57-33-20-19-32(26-48)36(47)25-33)50-39(53)31-17-14-29(15-18-31)11-10-27-6-5-7-28(9-8-27)12-13-30-16-21-34-35(24-30)42(56)51(41(34)55)37-22-23-38(52)49-40(37)54/h14-21,24-25,27-28,37,43-44H,5-9,12-13,22-23H2,1-4H3,(H,50,53)(H,49,52,54)/t27?,28?,37?,43-,44-. The third kappa shape index (κ3) is 7.93. The second-order valence-corrected chi connectivity index (χ2v) is 17.5. The van der Waals surface area contributed by atoms with Crippen molar-refractivity contribution in [2.45, 2.75) is 104 Å². The van der Waals surface area contributed by atoms with Crippen LogP contribution in [0.15, 0.2) is 60.7 Å². The molecule has 0 spiro atoms. The summed E-state index contributed by atoms with van der Waals surface area (Å²) in [6.07, 6.45) is 7.08. The van der Waals surface area contributed by atoms with E-state index in [4.69, 9.17) is 16.3 Å². The number of rotatable bonds is 8. The third-order valence-corrected chi connectivity index (χ3v) is 12.7. The molecule has 1 saturated heterocycles. The molecule has 7 rings (SSSR count). The van der Waals surface area contributed by atoms with E-state index in [1.165, 1.54) is 0 Å². The average molecular weight is 787 g/mol. The fourth-order valence-electron chi connectivity index (χ4n) is 9.56. The number of imide groups is 2. The van der Waals surface area contributed by atoms with Crippen LogP contribution in [0.4, 0.5) is 0 Å². The molecule has 3 unspecified atom stereocenters. The molecule has 4 aliphatic rings. The minimum absolute atomic E-state index is 0.0917. The van der Waals surface area contributed by atoms with Gasteiger partial charge in [-0.25, -0.2) is 0 Å². The van der Waals surface area contributed by atoms with Crippen LogP contribution in [-0.2, 0) is 16.0 Å². The lowest BCUT2D eigenvalue weighted by Gasteiger charge is -2.63. The zero-order valence-electron chi connectivity index (χ0n) is 32.7. The Kier molecular flexibility index (Phi) is 11.0. The Morgan fingerprint density at radius 1 is 0.912 bits per heavy atom. The van der Waals surface area contributed by atoms with Crippen molar-refractivity contribution in [1.29, 1.82) is 5.26 Å². The lowest BCUT2D eigenvalue weighted by Crippen LogP contribution is -2.74. The van der Waals surface area contributed by atoms with E-state index in [1.54, 1.807) is 30.3 Å². The molecule has 2 aliphatic heterocycles. The number of nitrogens with zero attached hydrogens (tertiary/aromatic N) is 2. The second-order valence-electron chi connectivity index (χ2n) is 17.1. The molecule has 294 valence electrons. The number of halogens is 1. The Morgan fingerprint density at radius 2 is 1.65 bits per heavy atom. The van der Waals surface area contributed by atoms with Gasteiger partial charge in [0.25, 0.3) is 17.7 Å². The normalized spacial score (nSPS) is 24.8. The minimum Gasteiger partial charge on any atom is -0.489 e. The SMILES string of the molecule is CC1(C)[C@H](NC(=O)c2ccc(C#CC3CCCC(CCc4ccc5c(c4)C(=O)N(C4CCC(=O)NC4=O)C5=O)CC3)cc2)C(C)(C)[C@H]1Oc1ccc(C#N)c(Cl)c1. The molecule has 3 aromatic rings. The molecule has 0 aromatic heterocycles. The molecule has 3 aromatic carbocycles. The van der Waals surface area contributed by atoms with Crippen LogP contribution in [0.1, 0.15) is 127 Å². The van der Waals surface area contributed by atoms with E-state index >= 15 is 0 Å². The summed E-state index contributed by atoms with van der Waals surface area (Å²) in [6.45, 7) is 8.32. The second kappa shape index (κ2) is 15.8.